The maximum Gasteiger partial charge on any atom is 0.328 e. The Hall–Kier alpha value is -2.17. The molecule has 1 aromatic carbocycles. The third kappa shape index (κ3) is 4.41. The van der Waals surface area contributed by atoms with Crippen LogP contribution < -0.4 is 0 Å². The van der Waals surface area contributed by atoms with Crippen LogP contribution in [0.1, 0.15) is 31.1 Å². The molecule has 5 heteroatoms. The highest BCUT2D eigenvalue weighted by molar-refractivity contribution is 6.00. The van der Waals surface area contributed by atoms with Crippen LogP contribution in [-0.4, -0.2) is 42.3 Å². The quantitative estimate of drug-likeness (QED) is 0.593. The summed E-state index contributed by atoms with van der Waals surface area (Å²) < 4.78 is 4.75. The standard InChI is InChI=1S/C16H21NO4/c1-11(2)15(16(20)21-4)17(12(3)18)10-14(19)13-8-6-5-7-9-13/h5-9,11,15H,10H2,1-4H3/t15-/m0/s1. The fourth-order valence-electron chi connectivity index (χ4n) is 2.16. The van der Waals surface area contributed by atoms with Crippen molar-refractivity contribution in [1.29, 1.82) is 0 Å². The van der Waals surface area contributed by atoms with Gasteiger partial charge >= 0.3 is 5.97 Å². The molecule has 0 heterocycles. The highest BCUT2D eigenvalue weighted by atomic mass is 16.5. The Labute approximate surface area is 124 Å². The Morgan fingerprint density at radius 3 is 2.14 bits per heavy atom. The molecule has 0 N–H and O–H groups in total. The molecule has 0 aliphatic carbocycles. The molecule has 0 bridgehead atoms. The van der Waals surface area contributed by atoms with Gasteiger partial charge < -0.3 is 9.64 Å². The van der Waals surface area contributed by atoms with E-state index in [1.54, 1.807) is 24.3 Å². The number of methoxy groups -OCH3 is 1. The van der Waals surface area contributed by atoms with Crippen LogP contribution in [0.3, 0.4) is 0 Å². The minimum atomic E-state index is -0.764. The van der Waals surface area contributed by atoms with Crippen LogP contribution in [0, 0.1) is 5.92 Å². The van der Waals surface area contributed by atoms with Crippen molar-refractivity contribution < 1.29 is 19.1 Å². The molecular formula is C16H21NO4. The number of ether oxygens (including phenoxy) is 1. The van der Waals surface area contributed by atoms with E-state index >= 15 is 0 Å². The van der Waals surface area contributed by atoms with Gasteiger partial charge in [-0.1, -0.05) is 44.2 Å². The van der Waals surface area contributed by atoms with Crippen molar-refractivity contribution in [2.45, 2.75) is 26.8 Å². The molecule has 5 nitrogen and oxygen atoms in total. The first-order valence-corrected chi connectivity index (χ1v) is 6.81. The van der Waals surface area contributed by atoms with Crippen LogP contribution >= 0.6 is 0 Å². The monoisotopic (exact) mass is 291 g/mol. The van der Waals surface area contributed by atoms with Crippen LogP contribution in [0.5, 0.6) is 0 Å². The first-order chi connectivity index (χ1) is 9.88. The lowest BCUT2D eigenvalue weighted by Crippen LogP contribution is -2.49. The molecule has 0 radical (unpaired) electrons. The summed E-state index contributed by atoms with van der Waals surface area (Å²) in [6.07, 6.45) is 0. The van der Waals surface area contributed by atoms with Gasteiger partial charge in [0, 0.05) is 12.5 Å². The summed E-state index contributed by atoms with van der Waals surface area (Å²) >= 11 is 0. The van der Waals surface area contributed by atoms with Gasteiger partial charge in [0.1, 0.15) is 6.04 Å². The smallest absolute Gasteiger partial charge is 0.328 e. The maximum atomic E-state index is 12.3. The summed E-state index contributed by atoms with van der Waals surface area (Å²) in [4.78, 5) is 37.3. The van der Waals surface area contributed by atoms with Crippen molar-refractivity contribution in [2.75, 3.05) is 13.7 Å². The zero-order chi connectivity index (χ0) is 16.0. The minimum absolute atomic E-state index is 0.142. The van der Waals surface area contributed by atoms with Gasteiger partial charge in [-0.25, -0.2) is 4.79 Å². The van der Waals surface area contributed by atoms with Gasteiger partial charge in [-0.3, -0.25) is 9.59 Å². The van der Waals surface area contributed by atoms with Crippen molar-refractivity contribution in [3.63, 3.8) is 0 Å². The summed E-state index contributed by atoms with van der Waals surface area (Å²) in [5, 5.41) is 0. The van der Waals surface area contributed by atoms with E-state index in [2.05, 4.69) is 0 Å². The molecule has 1 atom stereocenters. The van der Waals surface area contributed by atoms with E-state index < -0.39 is 12.0 Å². The van der Waals surface area contributed by atoms with E-state index in [9.17, 15) is 14.4 Å². The molecule has 0 fully saturated rings. The van der Waals surface area contributed by atoms with Gasteiger partial charge in [-0.05, 0) is 5.92 Å². The zero-order valence-electron chi connectivity index (χ0n) is 12.8. The van der Waals surface area contributed by atoms with E-state index in [0.717, 1.165) is 0 Å². The highest BCUT2D eigenvalue weighted by Gasteiger charge is 2.33. The second-order valence-corrected chi connectivity index (χ2v) is 5.15. The molecule has 0 saturated carbocycles. The Kier molecular flexibility index (Phi) is 6.09. The number of Topliss-reactive ketones (excluding diaryl/α,β-unsaturated/α-hetero) is 1. The fourth-order valence-corrected chi connectivity index (χ4v) is 2.16. The summed E-state index contributed by atoms with van der Waals surface area (Å²) in [6.45, 7) is 4.82. The van der Waals surface area contributed by atoms with Crippen molar-refractivity contribution in [2.24, 2.45) is 5.92 Å². The van der Waals surface area contributed by atoms with E-state index in [4.69, 9.17) is 4.74 Å². The molecule has 114 valence electrons. The zero-order valence-corrected chi connectivity index (χ0v) is 12.8. The van der Waals surface area contributed by atoms with E-state index in [1.807, 2.05) is 19.9 Å². The molecule has 0 saturated heterocycles. The van der Waals surface area contributed by atoms with Crippen LogP contribution in [0.2, 0.25) is 0 Å². The number of nitrogens with zero attached hydrogens (tertiary/aromatic N) is 1. The lowest BCUT2D eigenvalue weighted by molar-refractivity contribution is -0.153. The molecule has 1 amide bonds. The number of benzene rings is 1. The molecule has 0 unspecified atom stereocenters. The number of carbonyl (C=O) groups is 3. The second-order valence-electron chi connectivity index (χ2n) is 5.15. The topological polar surface area (TPSA) is 63.7 Å². The van der Waals surface area contributed by atoms with Gasteiger partial charge in [0.15, 0.2) is 5.78 Å². The number of hydrogen-bond acceptors (Lipinski definition) is 4. The van der Waals surface area contributed by atoms with Crippen molar-refractivity contribution in [3.8, 4) is 0 Å². The number of ketones is 1. The number of carbonyl (C=O) groups excluding carboxylic acids is 3. The summed E-state index contributed by atoms with van der Waals surface area (Å²) in [5.74, 6) is -1.20. The first kappa shape index (κ1) is 16.9. The van der Waals surface area contributed by atoms with Crippen molar-refractivity contribution >= 4 is 17.7 Å². The Bertz CT molecular complexity index is 510. The average molecular weight is 291 g/mol. The van der Waals surface area contributed by atoms with Gasteiger partial charge in [-0.2, -0.15) is 0 Å². The fraction of sp³-hybridized carbons (Fsp3) is 0.438. The van der Waals surface area contributed by atoms with E-state index in [1.165, 1.54) is 18.9 Å². The van der Waals surface area contributed by atoms with Crippen LogP contribution in [0.15, 0.2) is 30.3 Å². The minimum Gasteiger partial charge on any atom is -0.467 e. The van der Waals surface area contributed by atoms with Gasteiger partial charge in [0.25, 0.3) is 0 Å². The third-order valence-corrected chi connectivity index (χ3v) is 3.22. The Morgan fingerprint density at radius 1 is 1.14 bits per heavy atom. The predicted molar refractivity (Wildman–Crippen MR) is 78.8 cm³/mol. The second kappa shape index (κ2) is 7.57. The van der Waals surface area contributed by atoms with E-state index in [-0.39, 0.29) is 24.2 Å². The van der Waals surface area contributed by atoms with Gasteiger partial charge in [0.2, 0.25) is 5.91 Å². The summed E-state index contributed by atoms with van der Waals surface area (Å²) in [7, 11) is 1.27. The first-order valence-electron chi connectivity index (χ1n) is 6.81. The number of esters is 1. The molecule has 0 aromatic heterocycles. The number of hydrogen-bond donors (Lipinski definition) is 0. The average Bonchev–Trinajstić information content (AvgIpc) is 2.46. The van der Waals surface area contributed by atoms with Crippen LogP contribution in [0.25, 0.3) is 0 Å². The van der Waals surface area contributed by atoms with E-state index in [0.29, 0.717) is 5.56 Å². The lowest BCUT2D eigenvalue weighted by atomic mass is 10.0. The lowest BCUT2D eigenvalue weighted by Gasteiger charge is -2.31. The molecule has 21 heavy (non-hydrogen) atoms. The molecule has 0 aliphatic rings. The van der Waals surface area contributed by atoms with Crippen LogP contribution in [0.4, 0.5) is 0 Å². The summed E-state index contributed by atoms with van der Waals surface area (Å²) in [6, 6.07) is 7.93. The molecule has 0 spiro atoms. The predicted octanol–water partition coefficient (Wildman–Crippen LogP) is 1.92. The highest BCUT2D eigenvalue weighted by Crippen LogP contribution is 2.14. The number of rotatable bonds is 6. The van der Waals surface area contributed by atoms with Gasteiger partial charge in [-0.15, -0.1) is 0 Å². The van der Waals surface area contributed by atoms with Crippen LogP contribution in [-0.2, 0) is 14.3 Å². The SMILES string of the molecule is COC(=O)[C@H](C(C)C)N(CC(=O)c1ccccc1)C(C)=O. The number of amides is 1. The van der Waals surface area contributed by atoms with Crippen molar-refractivity contribution in [3.05, 3.63) is 35.9 Å². The molecular weight excluding hydrogens is 270 g/mol. The maximum absolute atomic E-state index is 12.3. The normalized spacial score (nSPS) is 11.9. The Morgan fingerprint density at radius 2 is 1.71 bits per heavy atom. The largest absolute Gasteiger partial charge is 0.467 e. The van der Waals surface area contributed by atoms with Gasteiger partial charge in [0.05, 0.1) is 13.7 Å². The van der Waals surface area contributed by atoms with Crippen molar-refractivity contribution in [1.82, 2.24) is 4.90 Å². The molecule has 1 rings (SSSR count). The third-order valence-electron chi connectivity index (χ3n) is 3.22. The summed E-state index contributed by atoms with van der Waals surface area (Å²) in [5.41, 5.74) is 0.510. The Balaban J connectivity index is 2.99. The molecule has 1 aromatic rings. The molecule has 0 aliphatic heterocycles.